The summed E-state index contributed by atoms with van der Waals surface area (Å²) in [4.78, 5) is 12.5. The monoisotopic (exact) mass is 330 g/mol. The Balaban J connectivity index is 1.41. The highest BCUT2D eigenvalue weighted by Gasteiger charge is 2.21. The molecule has 1 amide bonds. The first kappa shape index (κ1) is 15.7. The molecule has 25 heavy (non-hydrogen) atoms. The third kappa shape index (κ3) is 3.50. The van der Waals surface area contributed by atoms with Gasteiger partial charge in [0.1, 0.15) is 0 Å². The van der Waals surface area contributed by atoms with Crippen LogP contribution in [0.3, 0.4) is 0 Å². The van der Waals surface area contributed by atoms with Crippen LogP contribution >= 0.6 is 0 Å². The third-order valence-electron chi connectivity index (χ3n) is 4.91. The van der Waals surface area contributed by atoms with Crippen LogP contribution in [-0.2, 0) is 17.6 Å². The van der Waals surface area contributed by atoms with Crippen molar-refractivity contribution in [3.05, 3.63) is 89.7 Å². The minimum absolute atomic E-state index is 0.0930. The number of fused-ring (bicyclic) bond motifs is 1. The lowest BCUT2D eigenvalue weighted by Gasteiger charge is -2.26. The molecule has 0 fully saturated rings. The highest BCUT2D eigenvalue weighted by atomic mass is 16.1. The first-order chi connectivity index (χ1) is 12.3. The van der Waals surface area contributed by atoms with Gasteiger partial charge in [0.2, 0.25) is 5.91 Å². The summed E-state index contributed by atoms with van der Waals surface area (Å²) < 4.78 is 2.06. The standard InChI is InChI=1S/C22H22N2O/c25-22(23-21-9-5-7-18-6-1-2-8-20(18)21)16-17-10-12-19(13-11-17)24-14-3-4-15-24/h1-4,6,8,10-15,21H,5,7,9,16H2,(H,23,25)/t21-/m1/s1. The predicted molar refractivity (Wildman–Crippen MR) is 99.7 cm³/mol. The van der Waals surface area contributed by atoms with E-state index >= 15 is 0 Å². The van der Waals surface area contributed by atoms with Gasteiger partial charge in [-0.15, -0.1) is 0 Å². The van der Waals surface area contributed by atoms with E-state index in [1.54, 1.807) is 0 Å². The van der Waals surface area contributed by atoms with Crippen molar-refractivity contribution in [1.82, 2.24) is 9.88 Å². The molecule has 4 rings (SSSR count). The predicted octanol–water partition coefficient (Wildman–Crippen LogP) is 4.21. The zero-order valence-electron chi connectivity index (χ0n) is 14.2. The normalized spacial score (nSPS) is 16.2. The molecule has 2 aromatic carbocycles. The lowest BCUT2D eigenvalue weighted by atomic mass is 9.87. The molecule has 1 aliphatic rings. The molecule has 126 valence electrons. The maximum atomic E-state index is 12.5. The first-order valence-corrected chi connectivity index (χ1v) is 8.89. The Morgan fingerprint density at radius 1 is 1.00 bits per heavy atom. The van der Waals surface area contributed by atoms with Gasteiger partial charge in [0, 0.05) is 18.1 Å². The third-order valence-corrected chi connectivity index (χ3v) is 4.91. The van der Waals surface area contributed by atoms with Crippen molar-refractivity contribution in [3.8, 4) is 5.69 Å². The Morgan fingerprint density at radius 3 is 2.56 bits per heavy atom. The van der Waals surface area contributed by atoms with Gasteiger partial charge >= 0.3 is 0 Å². The molecule has 0 radical (unpaired) electrons. The number of amides is 1. The van der Waals surface area contributed by atoms with Gasteiger partial charge < -0.3 is 9.88 Å². The van der Waals surface area contributed by atoms with Crippen LogP contribution < -0.4 is 5.32 Å². The number of nitrogens with zero attached hydrogens (tertiary/aromatic N) is 1. The van der Waals surface area contributed by atoms with Crippen LogP contribution in [0.25, 0.3) is 5.69 Å². The topological polar surface area (TPSA) is 34.0 Å². The molecule has 0 unspecified atom stereocenters. The van der Waals surface area contributed by atoms with Crippen LogP contribution in [0, 0.1) is 0 Å². The molecular formula is C22H22N2O. The van der Waals surface area contributed by atoms with Crippen LogP contribution in [0.2, 0.25) is 0 Å². The fourth-order valence-corrected chi connectivity index (χ4v) is 3.63. The van der Waals surface area contributed by atoms with Crippen LogP contribution in [-0.4, -0.2) is 10.5 Å². The van der Waals surface area contributed by atoms with E-state index in [4.69, 9.17) is 0 Å². The van der Waals surface area contributed by atoms with Crippen molar-refractivity contribution in [2.24, 2.45) is 0 Å². The minimum atomic E-state index is 0.0930. The van der Waals surface area contributed by atoms with E-state index in [1.807, 2.05) is 36.7 Å². The van der Waals surface area contributed by atoms with E-state index in [0.717, 1.165) is 30.5 Å². The van der Waals surface area contributed by atoms with Gasteiger partial charge in [-0.1, -0.05) is 36.4 Å². The molecule has 3 heteroatoms. The zero-order chi connectivity index (χ0) is 17.1. The summed E-state index contributed by atoms with van der Waals surface area (Å²) >= 11 is 0. The van der Waals surface area contributed by atoms with Gasteiger partial charge in [-0.05, 0) is 60.2 Å². The van der Waals surface area contributed by atoms with Gasteiger partial charge in [0.15, 0.2) is 0 Å². The second kappa shape index (κ2) is 6.98. The van der Waals surface area contributed by atoms with E-state index < -0.39 is 0 Å². The fourth-order valence-electron chi connectivity index (χ4n) is 3.63. The maximum absolute atomic E-state index is 12.5. The molecular weight excluding hydrogens is 308 g/mol. The number of carbonyl (C=O) groups excluding carboxylic acids is 1. The summed E-state index contributed by atoms with van der Waals surface area (Å²) in [5.41, 5.74) is 4.80. The summed E-state index contributed by atoms with van der Waals surface area (Å²) in [6.45, 7) is 0. The van der Waals surface area contributed by atoms with Crippen LogP contribution in [0.1, 0.15) is 35.6 Å². The van der Waals surface area contributed by atoms with Gasteiger partial charge in [0.05, 0.1) is 12.5 Å². The van der Waals surface area contributed by atoms with Gasteiger partial charge in [0.25, 0.3) is 0 Å². The molecule has 1 aliphatic carbocycles. The largest absolute Gasteiger partial charge is 0.349 e. The Kier molecular flexibility index (Phi) is 4.38. The quantitative estimate of drug-likeness (QED) is 0.764. The fraction of sp³-hybridized carbons (Fsp3) is 0.227. The Hall–Kier alpha value is -2.81. The highest BCUT2D eigenvalue weighted by molar-refractivity contribution is 5.79. The van der Waals surface area contributed by atoms with Crippen molar-refractivity contribution in [2.45, 2.75) is 31.7 Å². The second-order valence-electron chi connectivity index (χ2n) is 6.64. The lowest BCUT2D eigenvalue weighted by molar-refractivity contribution is -0.121. The minimum Gasteiger partial charge on any atom is -0.349 e. The molecule has 3 aromatic rings. The number of hydrogen-bond donors (Lipinski definition) is 1. The van der Waals surface area contributed by atoms with Gasteiger partial charge in [-0.25, -0.2) is 0 Å². The summed E-state index contributed by atoms with van der Waals surface area (Å²) in [7, 11) is 0. The van der Waals surface area contributed by atoms with Crippen molar-refractivity contribution >= 4 is 5.91 Å². The zero-order valence-corrected chi connectivity index (χ0v) is 14.2. The number of aromatic nitrogens is 1. The number of aryl methyl sites for hydroxylation is 1. The lowest BCUT2D eigenvalue weighted by Crippen LogP contribution is -2.32. The molecule has 0 bridgehead atoms. The van der Waals surface area contributed by atoms with Crippen molar-refractivity contribution in [2.75, 3.05) is 0 Å². The van der Waals surface area contributed by atoms with Crippen LogP contribution in [0.5, 0.6) is 0 Å². The highest BCUT2D eigenvalue weighted by Crippen LogP contribution is 2.29. The van der Waals surface area contributed by atoms with E-state index in [9.17, 15) is 4.79 Å². The van der Waals surface area contributed by atoms with E-state index in [0.29, 0.717) is 6.42 Å². The SMILES string of the molecule is O=C(Cc1ccc(-n2cccc2)cc1)N[C@@H]1CCCc2ccccc21. The Morgan fingerprint density at radius 2 is 1.76 bits per heavy atom. The molecule has 0 aliphatic heterocycles. The number of nitrogens with one attached hydrogen (secondary N) is 1. The molecule has 1 heterocycles. The van der Waals surface area contributed by atoms with Crippen molar-refractivity contribution in [3.63, 3.8) is 0 Å². The summed E-state index contributed by atoms with van der Waals surface area (Å²) in [6, 6.07) is 20.8. The maximum Gasteiger partial charge on any atom is 0.224 e. The summed E-state index contributed by atoms with van der Waals surface area (Å²) in [5.74, 6) is 0.0930. The second-order valence-corrected chi connectivity index (χ2v) is 6.64. The number of rotatable bonds is 4. The average molecular weight is 330 g/mol. The molecule has 1 atom stereocenters. The summed E-state index contributed by atoms with van der Waals surface area (Å²) in [6.07, 6.45) is 7.72. The van der Waals surface area contributed by atoms with Crippen LogP contribution in [0.15, 0.2) is 73.1 Å². The summed E-state index contributed by atoms with van der Waals surface area (Å²) in [5, 5.41) is 3.22. The van der Waals surface area contributed by atoms with E-state index in [2.05, 4.69) is 46.3 Å². The smallest absolute Gasteiger partial charge is 0.224 e. The molecule has 0 spiro atoms. The van der Waals surface area contributed by atoms with Gasteiger partial charge in [-0.3, -0.25) is 4.79 Å². The Bertz CT molecular complexity index is 850. The average Bonchev–Trinajstić information content (AvgIpc) is 3.17. The molecule has 3 nitrogen and oxygen atoms in total. The molecule has 0 saturated heterocycles. The molecule has 1 N–H and O–H groups in total. The van der Waals surface area contributed by atoms with E-state index in [1.165, 1.54) is 11.1 Å². The Labute approximate surface area is 148 Å². The number of carbonyl (C=O) groups is 1. The van der Waals surface area contributed by atoms with Gasteiger partial charge in [-0.2, -0.15) is 0 Å². The number of benzene rings is 2. The first-order valence-electron chi connectivity index (χ1n) is 8.89. The van der Waals surface area contributed by atoms with Crippen molar-refractivity contribution < 1.29 is 4.79 Å². The van der Waals surface area contributed by atoms with Crippen LogP contribution in [0.4, 0.5) is 0 Å². The molecule has 1 aromatic heterocycles. The van der Waals surface area contributed by atoms with Crippen molar-refractivity contribution in [1.29, 1.82) is 0 Å². The van der Waals surface area contributed by atoms with E-state index in [-0.39, 0.29) is 11.9 Å². The molecule has 0 saturated carbocycles. The number of hydrogen-bond acceptors (Lipinski definition) is 1.